The van der Waals surface area contributed by atoms with Crippen molar-refractivity contribution in [3.8, 4) is 12.1 Å². The lowest BCUT2D eigenvalue weighted by atomic mass is 9.60. The molecule has 4 aliphatic rings. The van der Waals surface area contributed by atoms with Gasteiger partial charge in [0.15, 0.2) is 0 Å². The van der Waals surface area contributed by atoms with Gasteiger partial charge in [0, 0.05) is 36.1 Å². The van der Waals surface area contributed by atoms with Gasteiger partial charge < -0.3 is 0 Å². The predicted octanol–water partition coefficient (Wildman–Crippen LogP) is 12.2. The van der Waals surface area contributed by atoms with Crippen molar-refractivity contribution in [3.63, 3.8) is 0 Å². The number of rotatable bonds is 22. The van der Waals surface area contributed by atoms with Crippen LogP contribution in [0.2, 0.25) is 0 Å². The van der Waals surface area contributed by atoms with Crippen LogP contribution in [-0.2, 0) is 30.5 Å². The van der Waals surface area contributed by atoms with Gasteiger partial charge in [0.05, 0.1) is 37.1 Å². The molecule has 2 heterocycles. The Morgan fingerprint density at radius 3 is 1.32 bits per heavy atom. The van der Waals surface area contributed by atoms with E-state index in [1.807, 2.05) is 0 Å². The molecule has 0 aromatic heterocycles. The van der Waals surface area contributed by atoms with Crippen molar-refractivity contribution in [2.45, 2.75) is 155 Å². The average molecular weight is 809 g/mol. The average Bonchev–Trinajstić information content (AvgIpc) is 3.29. The van der Waals surface area contributed by atoms with E-state index >= 15 is 0 Å². The van der Waals surface area contributed by atoms with Gasteiger partial charge in [-0.05, 0) is 123 Å². The van der Waals surface area contributed by atoms with E-state index in [0.717, 1.165) is 63.2 Å². The Morgan fingerprint density at radius 1 is 0.600 bits per heavy atom. The Bertz CT molecular complexity index is 1700. The summed E-state index contributed by atoms with van der Waals surface area (Å²) < 4.78 is 0. The second-order valence-corrected chi connectivity index (χ2v) is 19.1. The fourth-order valence-electron chi connectivity index (χ4n) is 11.4. The minimum Gasteiger partial charge on any atom is -0.300 e. The fraction of sp³-hybridized carbons (Fsp3) is 0.642. The SMILES string of the molecule is CCC[C@H]1CC[C@H](C2(C(C#N)Cc3ccc(CCCCC(=O)CCCCc4ccc(CC(C#N)C5([C@H]6CC[C@H](CCC)CC6)C=NC=NC5)cc4)cc3)C=NC=NC2)CC1. The number of aryl methyl sites for hydroxylation is 2. The quantitative estimate of drug-likeness (QED) is 0.110. The number of carbonyl (C=O) groups excluding carboxylic acids is 1. The number of hydrogen-bond acceptors (Lipinski definition) is 7. The van der Waals surface area contributed by atoms with Crippen LogP contribution < -0.4 is 0 Å². The van der Waals surface area contributed by atoms with Gasteiger partial charge in [-0.15, -0.1) is 0 Å². The highest BCUT2D eigenvalue weighted by Gasteiger charge is 2.47. The monoisotopic (exact) mass is 809 g/mol. The molecule has 0 saturated heterocycles. The Morgan fingerprint density at radius 2 is 0.983 bits per heavy atom. The number of ketones is 1. The van der Waals surface area contributed by atoms with Gasteiger partial charge >= 0.3 is 0 Å². The van der Waals surface area contributed by atoms with Crippen LogP contribution in [0.5, 0.6) is 0 Å². The second-order valence-electron chi connectivity index (χ2n) is 19.1. The lowest BCUT2D eigenvalue weighted by molar-refractivity contribution is -0.119. The summed E-state index contributed by atoms with van der Waals surface area (Å²) in [6.45, 7) is 5.90. The zero-order chi connectivity index (χ0) is 42.0. The first-order chi connectivity index (χ1) is 29.4. The number of hydrogen-bond donors (Lipinski definition) is 0. The molecule has 320 valence electrons. The Kier molecular flexibility index (Phi) is 17.5. The van der Waals surface area contributed by atoms with E-state index in [0.29, 0.717) is 43.6 Å². The van der Waals surface area contributed by atoms with E-state index in [9.17, 15) is 15.3 Å². The van der Waals surface area contributed by atoms with Crippen molar-refractivity contribution >= 4 is 30.9 Å². The zero-order valence-electron chi connectivity index (χ0n) is 37.0. The third-order valence-electron chi connectivity index (χ3n) is 15.1. The highest BCUT2D eigenvalue weighted by Crippen LogP contribution is 2.48. The van der Waals surface area contributed by atoms with Gasteiger partial charge in [-0.1, -0.05) is 114 Å². The number of carbonyl (C=O) groups is 1. The molecule has 7 heteroatoms. The summed E-state index contributed by atoms with van der Waals surface area (Å²) in [6.07, 6.45) is 30.9. The van der Waals surface area contributed by atoms with Crippen molar-refractivity contribution in [2.75, 3.05) is 13.1 Å². The zero-order valence-corrected chi connectivity index (χ0v) is 37.0. The van der Waals surface area contributed by atoms with Crippen LogP contribution in [-0.4, -0.2) is 44.0 Å². The number of nitrogens with zero attached hydrogens (tertiary/aromatic N) is 6. The first-order valence-corrected chi connectivity index (χ1v) is 23.9. The van der Waals surface area contributed by atoms with Gasteiger partial charge in [-0.25, -0.2) is 9.98 Å². The van der Waals surface area contributed by atoms with Crippen molar-refractivity contribution in [2.24, 2.45) is 66.3 Å². The van der Waals surface area contributed by atoms with Crippen LogP contribution in [0.25, 0.3) is 0 Å². The molecule has 4 atom stereocenters. The molecule has 7 nitrogen and oxygen atoms in total. The minimum atomic E-state index is -0.279. The Hall–Kier alpha value is -4.23. The molecule has 2 aliphatic heterocycles. The number of Topliss-reactive ketones (excluding diaryl/α,β-unsaturated/α-hetero) is 1. The largest absolute Gasteiger partial charge is 0.300 e. The van der Waals surface area contributed by atoms with E-state index in [2.05, 4.69) is 107 Å². The standard InChI is InChI=1S/C53H72N6O/c1-3-9-41-23-27-47(28-24-41)52(35-56-39-57-36-52)49(33-54)31-45-19-15-43(16-20-45)11-5-7-13-51(60)14-8-6-12-44-17-21-46(22-18-44)32-50(34-55)53(37-58-40-59-38-53)48-29-25-42(10-4-2)26-30-48/h15-22,35,37,39-42,47-50H,3-14,23-32,36,38H2,1-2H3/t41-,42-,47-,48-,49?,50?,52?,53?. The molecular formula is C53H72N6O. The molecule has 0 spiro atoms. The highest BCUT2D eigenvalue weighted by molar-refractivity contribution is 5.81. The van der Waals surface area contributed by atoms with E-state index in [4.69, 9.17) is 0 Å². The summed E-state index contributed by atoms with van der Waals surface area (Å²) in [7, 11) is 0. The first kappa shape index (κ1) is 45.3. The summed E-state index contributed by atoms with van der Waals surface area (Å²) in [5, 5.41) is 20.9. The molecule has 0 amide bonds. The van der Waals surface area contributed by atoms with Crippen LogP contribution in [0.4, 0.5) is 0 Å². The number of benzene rings is 2. The van der Waals surface area contributed by atoms with Crippen LogP contribution >= 0.6 is 0 Å². The maximum absolute atomic E-state index is 12.8. The van der Waals surface area contributed by atoms with Gasteiger partial charge in [-0.2, -0.15) is 10.5 Å². The smallest absolute Gasteiger partial charge is 0.132 e. The first-order valence-electron chi connectivity index (χ1n) is 23.9. The molecule has 2 aromatic carbocycles. The molecule has 2 aromatic rings. The molecule has 2 fully saturated rings. The van der Waals surface area contributed by atoms with Crippen molar-refractivity contribution in [1.82, 2.24) is 0 Å². The number of nitriles is 2. The van der Waals surface area contributed by atoms with E-state index in [1.54, 1.807) is 12.7 Å². The van der Waals surface area contributed by atoms with Crippen LogP contribution in [0.15, 0.2) is 68.5 Å². The summed E-state index contributed by atoms with van der Waals surface area (Å²) in [5.74, 6) is 2.66. The normalized spacial score (nSPS) is 27.2. The summed E-state index contributed by atoms with van der Waals surface area (Å²) in [4.78, 5) is 31.0. The van der Waals surface area contributed by atoms with Crippen LogP contribution in [0.1, 0.15) is 152 Å². The minimum absolute atomic E-state index is 0.145. The Labute approximate surface area is 362 Å². The van der Waals surface area contributed by atoms with Crippen molar-refractivity contribution in [1.29, 1.82) is 10.5 Å². The molecule has 6 rings (SSSR count). The van der Waals surface area contributed by atoms with Gasteiger partial charge in [0.2, 0.25) is 0 Å². The summed E-state index contributed by atoms with van der Waals surface area (Å²) in [6, 6.07) is 23.1. The third-order valence-corrected chi connectivity index (χ3v) is 15.1. The lowest BCUT2D eigenvalue weighted by Gasteiger charge is -2.44. The van der Waals surface area contributed by atoms with E-state index in [-0.39, 0.29) is 22.7 Å². The van der Waals surface area contributed by atoms with Gasteiger partial charge in [0.1, 0.15) is 18.5 Å². The fourth-order valence-corrected chi connectivity index (χ4v) is 11.4. The van der Waals surface area contributed by atoms with Crippen molar-refractivity contribution < 1.29 is 4.79 Å². The van der Waals surface area contributed by atoms with Crippen LogP contribution in [0.3, 0.4) is 0 Å². The van der Waals surface area contributed by atoms with E-state index < -0.39 is 0 Å². The second kappa shape index (κ2) is 23.1. The summed E-state index contributed by atoms with van der Waals surface area (Å²) >= 11 is 0. The molecule has 60 heavy (non-hydrogen) atoms. The van der Waals surface area contributed by atoms with E-state index in [1.165, 1.54) is 99.3 Å². The topological polar surface area (TPSA) is 114 Å². The molecular weight excluding hydrogens is 737 g/mol. The molecule has 0 bridgehead atoms. The molecule has 0 N–H and O–H groups in total. The summed E-state index contributed by atoms with van der Waals surface area (Å²) in [5.41, 5.74) is 4.44. The predicted molar refractivity (Wildman–Crippen MR) is 248 cm³/mol. The molecule has 2 saturated carbocycles. The maximum Gasteiger partial charge on any atom is 0.132 e. The van der Waals surface area contributed by atoms with Gasteiger partial charge in [-0.3, -0.25) is 14.8 Å². The maximum atomic E-state index is 12.8. The van der Waals surface area contributed by atoms with Gasteiger partial charge in [0.25, 0.3) is 0 Å². The Balaban J connectivity index is 0.880. The van der Waals surface area contributed by atoms with Crippen molar-refractivity contribution in [3.05, 3.63) is 70.8 Å². The third kappa shape index (κ3) is 12.0. The van der Waals surface area contributed by atoms with Crippen LogP contribution in [0, 0.1) is 69.0 Å². The molecule has 2 aliphatic carbocycles. The number of aliphatic imine (C=N–C) groups is 4. The molecule has 4 unspecified atom stereocenters. The number of unbranched alkanes of at least 4 members (excludes halogenated alkanes) is 2. The lowest BCUT2D eigenvalue weighted by Crippen LogP contribution is -2.45. The molecule has 0 radical (unpaired) electrons. The highest BCUT2D eigenvalue weighted by atomic mass is 16.1.